The third kappa shape index (κ3) is 3.91. The number of benzene rings is 2. The summed E-state index contributed by atoms with van der Waals surface area (Å²) in [5.74, 6) is -0.117. The largest absolute Gasteiger partial charge is 0.316 e. The fourth-order valence-corrected chi connectivity index (χ4v) is 2.40. The van der Waals surface area contributed by atoms with Gasteiger partial charge in [0.05, 0.1) is 0 Å². The van der Waals surface area contributed by atoms with Crippen LogP contribution in [0.15, 0.2) is 48.5 Å². The Labute approximate surface area is 120 Å². The molecule has 2 aromatic carbocycles. The Morgan fingerprint density at radius 1 is 0.950 bits per heavy atom. The standard InChI is InChI=1S/C18H22FN/c1-3-14-8-10-15(11-9-14)12-17(20-2)13-16-6-4-5-7-18(16)19/h4-11,17,20H,3,12-13H2,1-2H3. The molecule has 1 atom stereocenters. The molecule has 0 fully saturated rings. The quantitative estimate of drug-likeness (QED) is 0.843. The molecule has 0 spiro atoms. The molecule has 106 valence electrons. The van der Waals surface area contributed by atoms with Crippen molar-refractivity contribution < 1.29 is 4.39 Å². The third-order valence-corrected chi connectivity index (χ3v) is 3.75. The molecule has 0 aliphatic carbocycles. The van der Waals surface area contributed by atoms with Crippen LogP contribution in [-0.2, 0) is 19.3 Å². The SMILES string of the molecule is CCc1ccc(CC(Cc2ccccc2F)NC)cc1. The maximum absolute atomic E-state index is 13.7. The van der Waals surface area contributed by atoms with Gasteiger partial charge in [-0.3, -0.25) is 0 Å². The van der Waals surface area contributed by atoms with E-state index in [9.17, 15) is 4.39 Å². The zero-order valence-electron chi connectivity index (χ0n) is 12.2. The van der Waals surface area contributed by atoms with Gasteiger partial charge in [-0.15, -0.1) is 0 Å². The van der Waals surface area contributed by atoms with Crippen LogP contribution in [0.25, 0.3) is 0 Å². The summed E-state index contributed by atoms with van der Waals surface area (Å²) in [4.78, 5) is 0. The van der Waals surface area contributed by atoms with E-state index in [4.69, 9.17) is 0 Å². The lowest BCUT2D eigenvalue weighted by Crippen LogP contribution is -2.30. The second-order valence-electron chi connectivity index (χ2n) is 5.16. The number of halogens is 1. The minimum absolute atomic E-state index is 0.117. The Morgan fingerprint density at radius 3 is 2.20 bits per heavy atom. The van der Waals surface area contributed by atoms with Crippen LogP contribution in [-0.4, -0.2) is 13.1 Å². The Kier molecular flexibility index (Phi) is 5.31. The van der Waals surface area contributed by atoms with Crippen LogP contribution in [0, 0.1) is 5.82 Å². The maximum atomic E-state index is 13.7. The van der Waals surface area contributed by atoms with Crippen LogP contribution in [0.3, 0.4) is 0 Å². The molecule has 0 aliphatic rings. The molecule has 0 aromatic heterocycles. The summed E-state index contributed by atoms with van der Waals surface area (Å²) in [7, 11) is 1.94. The fraction of sp³-hybridized carbons (Fsp3) is 0.333. The van der Waals surface area contributed by atoms with Gasteiger partial charge in [0, 0.05) is 6.04 Å². The number of nitrogens with one attached hydrogen (secondary N) is 1. The van der Waals surface area contributed by atoms with E-state index < -0.39 is 0 Å². The van der Waals surface area contributed by atoms with Gasteiger partial charge in [-0.1, -0.05) is 49.4 Å². The smallest absolute Gasteiger partial charge is 0.126 e. The summed E-state index contributed by atoms with van der Waals surface area (Å²) in [5.41, 5.74) is 3.42. The highest BCUT2D eigenvalue weighted by Crippen LogP contribution is 2.13. The molecular weight excluding hydrogens is 249 g/mol. The average Bonchev–Trinajstić information content (AvgIpc) is 2.49. The van der Waals surface area contributed by atoms with Crippen molar-refractivity contribution in [2.75, 3.05) is 7.05 Å². The van der Waals surface area contributed by atoms with E-state index in [0.29, 0.717) is 6.42 Å². The molecule has 1 N–H and O–H groups in total. The monoisotopic (exact) mass is 271 g/mol. The lowest BCUT2D eigenvalue weighted by Gasteiger charge is -2.17. The Hall–Kier alpha value is -1.67. The second-order valence-corrected chi connectivity index (χ2v) is 5.16. The Morgan fingerprint density at radius 2 is 1.60 bits per heavy atom. The average molecular weight is 271 g/mol. The fourth-order valence-electron chi connectivity index (χ4n) is 2.40. The molecule has 1 nitrogen and oxygen atoms in total. The van der Waals surface area contributed by atoms with Gasteiger partial charge in [-0.2, -0.15) is 0 Å². The van der Waals surface area contributed by atoms with Crippen molar-refractivity contribution in [1.29, 1.82) is 0 Å². The third-order valence-electron chi connectivity index (χ3n) is 3.75. The van der Waals surface area contributed by atoms with E-state index in [1.807, 2.05) is 19.2 Å². The van der Waals surface area contributed by atoms with Gasteiger partial charge in [-0.05, 0) is 49.1 Å². The van der Waals surface area contributed by atoms with Gasteiger partial charge in [0.25, 0.3) is 0 Å². The summed E-state index contributed by atoms with van der Waals surface area (Å²) in [6.45, 7) is 2.16. The van der Waals surface area contributed by atoms with Crippen molar-refractivity contribution in [3.8, 4) is 0 Å². The van der Waals surface area contributed by atoms with E-state index in [0.717, 1.165) is 18.4 Å². The Bertz CT molecular complexity index is 533. The van der Waals surface area contributed by atoms with Crippen LogP contribution in [0.4, 0.5) is 4.39 Å². The van der Waals surface area contributed by atoms with Crippen LogP contribution < -0.4 is 5.32 Å². The molecule has 2 rings (SSSR count). The normalized spacial score (nSPS) is 12.3. The first-order valence-corrected chi connectivity index (χ1v) is 7.21. The van der Waals surface area contributed by atoms with E-state index in [-0.39, 0.29) is 11.9 Å². The first-order chi connectivity index (χ1) is 9.72. The first-order valence-electron chi connectivity index (χ1n) is 7.21. The summed E-state index contributed by atoms with van der Waals surface area (Å²) in [5, 5.41) is 3.29. The van der Waals surface area contributed by atoms with E-state index in [1.165, 1.54) is 17.2 Å². The molecule has 2 aromatic rings. The minimum Gasteiger partial charge on any atom is -0.316 e. The molecule has 0 radical (unpaired) electrons. The van der Waals surface area contributed by atoms with E-state index in [1.54, 1.807) is 6.07 Å². The van der Waals surface area contributed by atoms with E-state index >= 15 is 0 Å². The molecule has 1 unspecified atom stereocenters. The lowest BCUT2D eigenvalue weighted by atomic mass is 9.98. The lowest BCUT2D eigenvalue weighted by molar-refractivity contribution is 0.532. The van der Waals surface area contributed by atoms with Gasteiger partial charge < -0.3 is 5.32 Å². The highest BCUT2D eigenvalue weighted by Gasteiger charge is 2.11. The van der Waals surface area contributed by atoms with Crippen LogP contribution in [0.2, 0.25) is 0 Å². The highest BCUT2D eigenvalue weighted by atomic mass is 19.1. The van der Waals surface area contributed by atoms with Gasteiger partial charge in [0.1, 0.15) is 5.82 Å². The van der Waals surface area contributed by atoms with Crippen molar-refractivity contribution in [3.63, 3.8) is 0 Å². The maximum Gasteiger partial charge on any atom is 0.126 e. The number of likely N-dealkylation sites (N-methyl/N-ethyl adjacent to an activating group) is 1. The molecule has 0 aliphatic heterocycles. The van der Waals surface area contributed by atoms with Crippen molar-refractivity contribution in [3.05, 3.63) is 71.0 Å². The molecule has 0 amide bonds. The number of rotatable bonds is 6. The van der Waals surface area contributed by atoms with Crippen LogP contribution in [0.1, 0.15) is 23.6 Å². The second kappa shape index (κ2) is 7.20. The van der Waals surface area contributed by atoms with Gasteiger partial charge >= 0.3 is 0 Å². The topological polar surface area (TPSA) is 12.0 Å². The van der Waals surface area contributed by atoms with Gasteiger partial charge in [0.2, 0.25) is 0 Å². The van der Waals surface area contributed by atoms with Crippen molar-refractivity contribution in [1.82, 2.24) is 5.32 Å². The van der Waals surface area contributed by atoms with Crippen LogP contribution in [0.5, 0.6) is 0 Å². The number of aryl methyl sites for hydroxylation is 1. The van der Waals surface area contributed by atoms with Gasteiger partial charge in [-0.25, -0.2) is 4.39 Å². The van der Waals surface area contributed by atoms with Crippen LogP contribution >= 0.6 is 0 Å². The zero-order chi connectivity index (χ0) is 14.4. The van der Waals surface area contributed by atoms with Crippen molar-refractivity contribution >= 4 is 0 Å². The van der Waals surface area contributed by atoms with E-state index in [2.05, 4.69) is 36.5 Å². The summed E-state index contributed by atoms with van der Waals surface area (Å²) >= 11 is 0. The summed E-state index contributed by atoms with van der Waals surface area (Å²) in [6, 6.07) is 15.9. The molecule has 0 heterocycles. The Balaban J connectivity index is 2.03. The molecule has 2 heteroatoms. The predicted octanol–water partition coefficient (Wildman–Crippen LogP) is 3.76. The molecule has 0 saturated heterocycles. The molecular formula is C18H22FN. The number of hydrogen-bond acceptors (Lipinski definition) is 1. The zero-order valence-corrected chi connectivity index (χ0v) is 12.2. The molecule has 0 saturated carbocycles. The van der Waals surface area contributed by atoms with Crippen molar-refractivity contribution in [2.45, 2.75) is 32.2 Å². The molecule has 20 heavy (non-hydrogen) atoms. The van der Waals surface area contributed by atoms with Gasteiger partial charge in [0.15, 0.2) is 0 Å². The van der Waals surface area contributed by atoms with Crippen molar-refractivity contribution in [2.24, 2.45) is 0 Å². The molecule has 0 bridgehead atoms. The summed E-state index contributed by atoms with van der Waals surface area (Å²) < 4.78 is 13.7. The minimum atomic E-state index is -0.117. The first kappa shape index (κ1) is 14.7. The summed E-state index contributed by atoms with van der Waals surface area (Å²) in [6.07, 6.45) is 2.68. The highest BCUT2D eigenvalue weighted by molar-refractivity contribution is 5.24. The predicted molar refractivity (Wildman–Crippen MR) is 82.5 cm³/mol. The number of hydrogen-bond donors (Lipinski definition) is 1.